The average molecular weight is 663 g/mol. The first-order valence-corrected chi connectivity index (χ1v) is 17.4. The third-order valence-corrected chi connectivity index (χ3v) is 10.1. The highest BCUT2D eigenvalue weighted by molar-refractivity contribution is 6.33. The molecule has 242 valence electrons. The molecule has 0 N–H and O–H groups in total. The highest BCUT2D eigenvalue weighted by Gasteiger charge is 2.16. The minimum atomic E-state index is 0.677. The Labute approximate surface area is 300 Å². The molecule has 0 saturated heterocycles. The van der Waals surface area contributed by atoms with E-state index in [1.54, 1.807) is 6.33 Å². The van der Waals surface area contributed by atoms with Crippen LogP contribution in [0, 0.1) is 0 Å². The minimum absolute atomic E-state index is 0.677. The van der Waals surface area contributed by atoms with Crippen LogP contribution in [-0.2, 0) is 0 Å². The highest BCUT2D eigenvalue weighted by atomic mass is 14.9. The normalized spacial score (nSPS) is 11.5. The zero-order chi connectivity index (χ0) is 34.4. The summed E-state index contributed by atoms with van der Waals surface area (Å²) in [5.74, 6) is 0.677. The van der Waals surface area contributed by atoms with Crippen molar-refractivity contribution in [1.29, 1.82) is 0 Å². The van der Waals surface area contributed by atoms with E-state index in [0.29, 0.717) is 5.82 Å². The van der Waals surface area contributed by atoms with Crippen molar-refractivity contribution in [2.45, 2.75) is 0 Å². The molecule has 0 atom stereocenters. The van der Waals surface area contributed by atoms with Crippen molar-refractivity contribution < 1.29 is 0 Å². The summed E-state index contributed by atoms with van der Waals surface area (Å²) in [6.07, 6.45) is 5.19. The Bertz CT molecular complexity index is 2920. The first-order valence-electron chi connectivity index (χ1n) is 17.4. The minimum Gasteiger partial charge on any atom is -0.244 e. The molecule has 10 rings (SSSR count). The van der Waals surface area contributed by atoms with E-state index in [9.17, 15) is 0 Å². The molecule has 10 aromatic rings. The van der Waals surface area contributed by atoms with E-state index in [2.05, 4.69) is 156 Å². The predicted octanol–water partition coefficient (Wildman–Crippen LogP) is 12.2. The molecule has 0 fully saturated rings. The van der Waals surface area contributed by atoms with Crippen LogP contribution >= 0.6 is 0 Å². The maximum absolute atomic E-state index is 5.12. The van der Waals surface area contributed by atoms with E-state index >= 15 is 0 Å². The summed E-state index contributed by atoms with van der Waals surface area (Å²) in [5, 5.41) is 10.2. The van der Waals surface area contributed by atoms with Gasteiger partial charge in [0.1, 0.15) is 6.33 Å². The first-order chi connectivity index (χ1) is 25.8. The fourth-order valence-corrected chi connectivity index (χ4v) is 7.57. The summed E-state index contributed by atoms with van der Waals surface area (Å²) in [7, 11) is 0. The van der Waals surface area contributed by atoms with E-state index in [-0.39, 0.29) is 0 Å². The molecule has 0 amide bonds. The average Bonchev–Trinajstić information content (AvgIpc) is 3.24. The molecule has 2 aromatic heterocycles. The number of hydrogen-bond acceptors (Lipinski definition) is 4. The van der Waals surface area contributed by atoms with E-state index in [1.165, 1.54) is 48.7 Å². The van der Waals surface area contributed by atoms with E-state index in [0.717, 1.165) is 44.8 Å². The molecule has 52 heavy (non-hydrogen) atoms. The molecule has 0 radical (unpaired) electrons. The lowest BCUT2D eigenvalue weighted by atomic mass is 9.87. The van der Waals surface area contributed by atoms with Crippen LogP contribution in [0.25, 0.3) is 99.2 Å². The highest BCUT2D eigenvalue weighted by Crippen LogP contribution is 2.43. The van der Waals surface area contributed by atoms with Gasteiger partial charge in [0, 0.05) is 34.6 Å². The summed E-state index contributed by atoms with van der Waals surface area (Å²) < 4.78 is 0. The van der Waals surface area contributed by atoms with Gasteiger partial charge in [-0.3, -0.25) is 0 Å². The molecule has 0 bridgehead atoms. The molecule has 0 aliphatic carbocycles. The third kappa shape index (κ3) is 5.09. The lowest BCUT2D eigenvalue weighted by Gasteiger charge is -2.16. The van der Waals surface area contributed by atoms with Gasteiger partial charge >= 0.3 is 0 Å². The Morgan fingerprint density at radius 1 is 0.308 bits per heavy atom. The maximum Gasteiger partial charge on any atom is 0.160 e. The van der Waals surface area contributed by atoms with Gasteiger partial charge in [-0.25, -0.2) is 19.9 Å². The SMILES string of the molecule is c1ccc(-c2cc(-c3ccc(-c4cc5c6ccccc6c6ccccc6c5c5ccccc45)cc3)nc(-c3ccc(-c4cncnc4)cc3)n2)cc1. The Morgan fingerprint density at radius 3 is 1.42 bits per heavy atom. The molecule has 4 nitrogen and oxygen atoms in total. The zero-order valence-corrected chi connectivity index (χ0v) is 28.1. The van der Waals surface area contributed by atoms with Gasteiger partial charge in [-0.15, -0.1) is 0 Å². The number of rotatable bonds is 5. The van der Waals surface area contributed by atoms with Gasteiger partial charge < -0.3 is 0 Å². The Kier molecular flexibility index (Phi) is 7.10. The molecule has 4 heteroatoms. The number of fused-ring (bicyclic) bond motifs is 8. The smallest absolute Gasteiger partial charge is 0.160 e. The first kappa shape index (κ1) is 29.8. The summed E-state index contributed by atoms with van der Waals surface area (Å²) in [6.45, 7) is 0. The third-order valence-electron chi connectivity index (χ3n) is 10.1. The summed E-state index contributed by atoms with van der Waals surface area (Å²) in [5.41, 5.74) is 9.16. The van der Waals surface area contributed by atoms with Crippen LogP contribution in [0.15, 0.2) is 183 Å². The van der Waals surface area contributed by atoms with Crippen LogP contribution < -0.4 is 0 Å². The van der Waals surface area contributed by atoms with E-state index < -0.39 is 0 Å². The number of nitrogens with zero attached hydrogens (tertiary/aromatic N) is 4. The number of benzene rings is 8. The summed E-state index contributed by atoms with van der Waals surface area (Å²) in [6, 6.07) is 58.3. The second-order valence-corrected chi connectivity index (χ2v) is 13.1. The van der Waals surface area contributed by atoms with Crippen molar-refractivity contribution in [2.75, 3.05) is 0 Å². The second-order valence-electron chi connectivity index (χ2n) is 13.1. The van der Waals surface area contributed by atoms with Crippen molar-refractivity contribution in [2.24, 2.45) is 0 Å². The van der Waals surface area contributed by atoms with Crippen LogP contribution in [0.3, 0.4) is 0 Å². The Morgan fingerprint density at radius 2 is 0.769 bits per heavy atom. The van der Waals surface area contributed by atoms with Crippen molar-refractivity contribution in [3.63, 3.8) is 0 Å². The van der Waals surface area contributed by atoms with E-state index in [1.807, 2.05) is 30.6 Å². The van der Waals surface area contributed by atoms with Crippen LogP contribution in [0.5, 0.6) is 0 Å². The lowest BCUT2D eigenvalue weighted by Crippen LogP contribution is -1.96. The van der Waals surface area contributed by atoms with Gasteiger partial charge in [-0.1, -0.05) is 152 Å². The second kappa shape index (κ2) is 12.4. The molecule has 0 unspecified atom stereocenters. The largest absolute Gasteiger partial charge is 0.244 e. The van der Waals surface area contributed by atoms with Crippen molar-refractivity contribution in [3.8, 4) is 56.2 Å². The summed E-state index contributed by atoms with van der Waals surface area (Å²) >= 11 is 0. The summed E-state index contributed by atoms with van der Waals surface area (Å²) in [4.78, 5) is 18.5. The van der Waals surface area contributed by atoms with Crippen LogP contribution in [0.4, 0.5) is 0 Å². The van der Waals surface area contributed by atoms with Gasteiger partial charge in [0.05, 0.1) is 11.4 Å². The molecule has 0 spiro atoms. The van der Waals surface area contributed by atoms with Crippen LogP contribution in [-0.4, -0.2) is 19.9 Å². The molecule has 0 aliphatic rings. The van der Waals surface area contributed by atoms with Gasteiger partial charge in [-0.2, -0.15) is 0 Å². The molecular formula is C48H30N4. The fourth-order valence-electron chi connectivity index (χ4n) is 7.57. The van der Waals surface area contributed by atoms with Crippen molar-refractivity contribution >= 4 is 43.1 Å². The van der Waals surface area contributed by atoms with Crippen LogP contribution in [0.2, 0.25) is 0 Å². The zero-order valence-electron chi connectivity index (χ0n) is 28.1. The molecular weight excluding hydrogens is 633 g/mol. The van der Waals surface area contributed by atoms with Crippen molar-refractivity contribution in [1.82, 2.24) is 19.9 Å². The Hall–Kier alpha value is -7.04. The number of hydrogen-bond donors (Lipinski definition) is 0. The lowest BCUT2D eigenvalue weighted by molar-refractivity contribution is 1.17. The van der Waals surface area contributed by atoms with Crippen molar-refractivity contribution in [3.05, 3.63) is 183 Å². The van der Waals surface area contributed by atoms with E-state index in [4.69, 9.17) is 9.97 Å². The Balaban J connectivity index is 1.11. The van der Waals surface area contributed by atoms with Gasteiger partial charge in [0.15, 0.2) is 5.82 Å². The molecule has 2 heterocycles. The van der Waals surface area contributed by atoms with Crippen LogP contribution in [0.1, 0.15) is 0 Å². The predicted molar refractivity (Wildman–Crippen MR) is 215 cm³/mol. The van der Waals surface area contributed by atoms with Gasteiger partial charge in [-0.05, 0) is 71.9 Å². The monoisotopic (exact) mass is 662 g/mol. The topological polar surface area (TPSA) is 51.6 Å². The van der Waals surface area contributed by atoms with Gasteiger partial charge in [0.25, 0.3) is 0 Å². The standard InChI is InChI=1S/C48H30N4/c1-2-10-33(11-3-1)45-27-46(52-48(51-45)35-24-18-31(19-25-35)36-28-49-30-50-29-36)34-22-20-32(21-23-34)43-26-44-39-14-5-4-12-37(39)38-13-6-8-16-41(38)47(44)42-17-9-7-15-40(42)43/h1-30H. The molecule has 8 aromatic carbocycles. The molecule has 0 saturated carbocycles. The van der Waals surface area contributed by atoms with Gasteiger partial charge in [0.2, 0.25) is 0 Å². The maximum atomic E-state index is 5.12. The number of aromatic nitrogens is 4. The fraction of sp³-hybridized carbons (Fsp3) is 0. The quantitative estimate of drug-likeness (QED) is 0.172. The molecule has 0 aliphatic heterocycles.